The molecule has 4 rings (SSSR count). The van der Waals surface area contributed by atoms with Gasteiger partial charge in [-0.1, -0.05) is 0 Å². The minimum atomic E-state index is 0.0420. The van der Waals surface area contributed by atoms with Crippen LogP contribution in [0.25, 0.3) is 0 Å². The number of carbonyl (C=O) groups is 1. The van der Waals surface area contributed by atoms with Crippen molar-refractivity contribution in [3.63, 3.8) is 0 Å². The van der Waals surface area contributed by atoms with Crippen molar-refractivity contribution in [3.05, 3.63) is 39.7 Å². The highest BCUT2D eigenvalue weighted by atomic mass is 32.1. The Morgan fingerprint density at radius 1 is 1.50 bits per heavy atom. The SMILES string of the molecule is O=C(NCC1CCCN1c1cccnn1)c1cc2c(s1)CCNC2. The first-order valence-electron chi connectivity index (χ1n) is 8.46. The van der Waals surface area contributed by atoms with Crippen molar-refractivity contribution in [3.8, 4) is 0 Å². The Morgan fingerprint density at radius 2 is 2.46 bits per heavy atom. The summed E-state index contributed by atoms with van der Waals surface area (Å²) in [5.41, 5.74) is 1.28. The molecule has 0 bridgehead atoms. The number of aromatic nitrogens is 2. The second kappa shape index (κ2) is 6.86. The lowest BCUT2D eigenvalue weighted by Gasteiger charge is -2.25. The minimum Gasteiger partial charge on any atom is -0.350 e. The van der Waals surface area contributed by atoms with Gasteiger partial charge in [-0.15, -0.1) is 16.4 Å². The Balaban J connectivity index is 1.39. The van der Waals surface area contributed by atoms with Crippen molar-refractivity contribution in [1.29, 1.82) is 0 Å². The monoisotopic (exact) mass is 343 g/mol. The van der Waals surface area contributed by atoms with Gasteiger partial charge in [0.1, 0.15) is 0 Å². The Kier molecular flexibility index (Phi) is 4.44. The van der Waals surface area contributed by atoms with Gasteiger partial charge in [-0.3, -0.25) is 4.79 Å². The molecule has 0 spiro atoms. The molecule has 126 valence electrons. The molecule has 2 aliphatic rings. The van der Waals surface area contributed by atoms with Crippen LogP contribution in [0.1, 0.15) is 33.0 Å². The fourth-order valence-electron chi connectivity index (χ4n) is 3.46. The summed E-state index contributed by atoms with van der Waals surface area (Å²) in [6.07, 6.45) is 4.90. The number of nitrogens with zero attached hydrogens (tertiary/aromatic N) is 3. The highest BCUT2D eigenvalue weighted by Crippen LogP contribution is 2.26. The van der Waals surface area contributed by atoms with E-state index in [1.807, 2.05) is 18.2 Å². The summed E-state index contributed by atoms with van der Waals surface area (Å²) in [5, 5.41) is 14.6. The number of anilines is 1. The quantitative estimate of drug-likeness (QED) is 0.882. The van der Waals surface area contributed by atoms with Crippen LogP contribution in [0, 0.1) is 0 Å². The molecule has 0 saturated carbocycles. The van der Waals surface area contributed by atoms with Crippen molar-refractivity contribution >= 4 is 23.1 Å². The van der Waals surface area contributed by atoms with Crippen molar-refractivity contribution in [2.24, 2.45) is 0 Å². The molecule has 6 nitrogen and oxygen atoms in total. The Labute approximate surface area is 145 Å². The molecule has 1 unspecified atom stereocenters. The van der Waals surface area contributed by atoms with Crippen LogP contribution in [0.5, 0.6) is 0 Å². The minimum absolute atomic E-state index is 0.0420. The van der Waals surface area contributed by atoms with Gasteiger partial charge in [0, 0.05) is 43.3 Å². The molecular weight excluding hydrogens is 322 g/mol. The molecule has 0 radical (unpaired) electrons. The standard InChI is InChI=1S/C17H21N5OS/c23-17(15-9-12-10-18-7-5-14(12)24-15)19-11-13-3-2-8-22(13)16-4-1-6-20-21-16/h1,4,6,9,13,18H,2-3,5,7-8,10-11H2,(H,19,23). The van der Waals surface area contributed by atoms with Crippen LogP contribution in [0.15, 0.2) is 24.4 Å². The number of fused-ring (bicyclic) bond motifs is 1. The molecule has 1 fully saturated rings. The highest BCUT2D eigenvalue weighted by molar-refractivity contribution is 7.14. The van der Waals surface area contributed by atoms with Gasteiger partial charge in [-0.25, -0.2) is 0 Å². The molecule has 2 aromatic rings. The van der Waals surface area contributed by atoms with Crippen LogP contribution in [-0.4, -0.2) is 41.8 Å². The average Bonchev–Trinajstić information content (AvgIpc) is 3.27. The van der Waals surface area contributed by atoms with Crippen LogP contribution in [0.2, 0.25) is 0 Å². The van der Waals surface area contributed by atoms with Crippen molar-refractivity contribution in [2.45, 2.75) is 31.8 Å². The van der Waals surface area contributed by atoms with Gasteiger partial charge in [0.15, 0.2) is 5.82 Å². The Bertz CT molecular complexity index is 694. The maximum atomic E-state index is 12.5. The summed E-state index contributed by atoms with van der Waals surface area (Å²) in [6, 6.07) is 6.21. The molecule has 0 aromatic carbocycles. The lowest BCUT2D eigenvalue weighted by atomic mass is 10.1. The summed E-state index contributed by atoms with van der Waals surface area (Å²) in [7, 11) is 0. The van der Waals surface area contributed by atoms with Gasteiger partial charge in [-0.05, 0) is 43.0 Å². The van der Waals surface area contributed by atoms with E-state index in [2.05, 4.69) is 25.7 Å². The second-order valence-corrected chi connectivity index (χ2v) is 7.40. The first-order valence-corrected chi connectivity index (χ1v) is 9.28. The smallest absolute Gasteiger partial charge is 0.261 e. The van der Waals surface area contributed by atoms with Crippen LogP contribution >= 0.6 is 11.3 Å². The van der Waals surface area contributed by atoms with Gasteiger partial charge in [0.2, 0.25) is 0 Å². The molecule has 4 heterocycles. The van der Waals surface area contributed by atoms with E-state index in [-0.39, 0.29) is 5.91 Å². The van der Waals surface area contributed by atoms with E-state index in [0.717, 1.165) is 49.6 Å². The van der Waals surface area contributed by atoms with Crippen LogP contribution in [0.4, 0.5) is 5.82 Å². The molecule has 2 aromatic heterocycles. The second-order valence-electron chi connectivity index (χ2n) is 6.27. The zero-order valence-electron chi connectivity index (χ0n) is 13.5. The zero-order valence-corrected chi connectivity index (χ0v) is 14.3. The van der Waals surface area contributed by atoms with E-state index in [0.29, 0.717) is 12.6 Å². The van der Waals surface area contributed by atoms with Crippen molar-refractivity contribution < 1.29 is 4.79 Å². The number of hydrogen-bond donors (Lipinski definition) is 2. The van der Waals surface area contributed by atoms with Gasteiger partial charge < -0.3 is 15.5 Å². The van der Waals surface area contributed by atoms with E-state index in [1.54, 1.807) is 17.5 Å². The summed E-state index contributed by atoms with van der Waals surface area (Å²) in [4.78, 5) is 16.9. The number of amides is 1. The number of nitrogens with one attached hydrogen (secondary N) is 2. The molecule has 24 heavy (non-hydrogen) atoms. The van der Waals surface area contributed by atoms with E-state index < -0.39 is 0 Å². The molecule has 0 aliphatic carbocycles. The molecule has 1 amide bonds. The molecule has 1 atom stereocenters. The molecule has 2 N–H and O–H groups in total. The normalized spacial score (nSPS) is 20.0. The predicted molar refractivity (Wildman–Crippen MR) is 94.5 cm³/mol. The molecule has 1 saturated heterocycles. The third kappa shape index (κ3) is 3.14. The van der Waals surface area contributed by atoms with Gasteiger partial charge in [0.05, 0.1) is 4.88 Å². The largest absolute Gasteiger partial charge is 0.350 e. The van der Waals surface area contributed by atoms with E-state index in [1.165, 1.54) is 10.4 Å². The lowest BCUT2D eigenvalue weighted by Crippen LogP contribution is -2.40. The maximum Gasteiger partial charge on any atom is 0.261 e. The summed E-state index contributed by atoms with van der Waals surface area (Å²) >= 11 is 1.64. The molecule has 7 heteroatoms. The van der Waals surface area contributed by atoms with Gasteiger partial charge in [-0.2, -0.15) is 5.10 Å². The predicted octanol–water partition coefficient (Wildman–Crippen LogP) is 1.58. The topological polar surface area (TPSA) is 70.2 Å². The number of rotatable bonds is 4. The number of carbonyl (C=O) groups excluding carboxylic acids is 1. The summed E-state index contributed by atoms with van der Waals surface area (Å²) < 4.78 is 0. The van der Waals surface area contributed by atoms with Gasteiger partial charge in [0.25, 0.3) is 5.91 Å². The van der Waals surface area contributed by atoms with Gasteiger partial charge >= 0.3 is 0 Å². The fraction of sp³-hybridized carbons (Fsp3) is 0.471. The average molecular weight is 343 g/mol. The number of thiophene rings is 1. The third-order valence-electron chi connectivity index (χ3n) is 4.69. The van der Waals surface area contributed by atoms with E-state index in [9.17, 15) is 4.79 Å². The summed E-state index contributed by atoms with van der Waals surface area (Å²) in [6.45, 7) is 3.50. The van der Waals surface area contributed by atoms with Crippen LogP contribution in [0.3, 0.4) is 0 Å². The Morgan fingerprint density at radius 3 is 3.29 bits per heavy atom. The zero-order chi connectivity index (χ0) is 16.4. The van der Waals surface area contributed by atoms with Crippen LogP contribution < -0.4 is 15.5 Å². The van der Waals surface area contributed by atoms with Crippen molar-refractivity contribution in [1.82, 2.24) is 20.8 Å². The number of hydrogen-bond acceptors (Lipinski definition) is 6. The Hall–Kier alpha value is -1.99. The fourth-order valence-corrected chi connectivity index (χ4v) is 4.56. The summed E-state index contributed by atoms with van der Waals surface area (Å²) in [5.74, 6) is 0.937. The van der Waals surface area contributed by atoms with E-state index >= 15 is 0 Å². The van der Waals surface area contributed by atoms with Crippen molar-refractivity contribution in [2.75, 3.05) is 24.5 Å². The maximum absolute atomic E-state index is 12.5. The molecular formula is C17H21N5OS. The molecule has 2 aliphatic heterocycles. The highest BCUT2D eigenvalue weighted by Gasteiger charge is 2.26. The lowest BCUT2D eigenvalue weighted by molar-refractivity contribution is 0.0955. The van der Waals surface area contributed by atoms with E-state index in [4.69, 9.17) is 0 Å². The van der Waals surface area contributed by atoms with Crippen LogP contribution in [-0.2, 0) is 13.0 Å². The third-order valence-corrected chi connectivity index (χ3v) is 5.93. The first kappa shape index (κ1) is 15.5. The first-order chi connectivity index (χ1) is 11.8.